The van der Waals surface area contributed by atoms with Crippen molar-refractivity contribution in [2.45, 2.75) is 178 Å². The van der Waals surface area contributed by atoms with Crippen molar-refractivity contribution in [3.63, 3.8) is 0 Å². The molecule has 0 aromatic heterocycles. The first kappa shape index (κ1) is 44.7. The first-order chi connectivity index (χ1) is 28.0. The summed E-state index contributed by atoms with van der Waals surface area (Å²) in [6.45, 7) is 0. The minimum atomic E-state index is -0.983. The van der Waals surface area contributed by atoms with E-state index in [0.29, 0.717) is 32.1 Å². The van der Waals surface area contributed by atoms with Gasteiger partial charge in [0.15, 0.2) is 0 Å². The summed E-state index contributed by atoms with van der Waals surface area (Å²) in [6, 6.07) is -0.391. The van der Waals surface area contributed by atoms with E-state index in [1.807, 2.05) is 0 Å². The van der Waals surface area contributed by atoms with E-state index in [9.17, 15) is 39.4 Å². The number of carbonyl (C=O) groups excluding carboxylic acids is 3. The van der Waals surface area contributed by atoms with Gasteiger partial charge in [0.1, 0.15) is 0 Å². The molecule has 0 bridgehead atoms. The molecule has 6 saturated carbocycles. The molecule has 0 aliphatic heterocycles. The number of hydrogen-bond acceptors (Lipinski definition) is 11. The molecule has 14 nitrogen and oxygen atoms in total. The van der Waals surface area contributed by atoms with Gasteiger partial charge >= 0.3 is 23.9 Å². The van der Waals surface area contributed by atoms with Crippen LogP contribution in [0.1, 0.15) is 141 Å². The normalized spacial score (nSPS) is 39.1. The van der Waals surface area contributed by atoms with E-state index in [1.54, 1.807) is 0 Å². The molecule has 7 atom stereocenters. The van der Waals surface area contributed by atoms with Crippen LogP contribution in [0.4, 0.5) is 0 Å². The summed E-state index contributed by atoms with van der Waals surface area (Å²) < 4.78 is 23.1. The minimum Gasteiger partial charge on any atom is -0.481 e. The number of methoxy groups -OCH3 is 2. The van der Waals surface area contributed by atoms with Crippen LogP contribution in [-0.2, 0) is 42.9 Å². The van der Waals surface area contributed by atoms with Gasteiger partial charge in [-0.1, -0.05) is 0 Å². The third-order valence-corrected chi connectivity index (χ3v) is 15.5. The fourth-order valence-corrected chi connectivity index (χ4v) is 12.1. The quantitative estimate of drug-likeness (QED) is 0.100. The molecule has 0 aromatic rings. The Labute approximate surface area is 343 Å². The van der Waals surface area contributed by atoms with E-state index >= 15 is 0 Å². The monoisotopic (exact) mass is 818 g/mol. The van der Waals surface area contributed by atoms with Gasteiger partial charge in [-0.3, -0.25) is 24.0 Å². The zero-order valence-electron chi connectivity index (χ0n) is 34.7. The van der Waals surface area contributed by atoms with Gasteiger partial charge in [0, 0.05) is 12.1 Å². The minimum absolute atomic E-state index is 0.00949. The molecule has 5 N–H and O–H groups in total. The Morgan fingerprint density at radius 2 is 0.948 bits per heavy atom. The van der Waals surface area contributed by atoms with Crippen molar-refractivity contribution >= 4 is 29.8 Å². The van der Waals surface area contributed by atoms with Crippen LogP contribution < -0.4 is 10.8 Å². The number of rotatable bonds is 14. The third kappa shape index (κ3) is 11.3. The molecule has 7 unspecified atom stereocenters. The Kier molecular flexibility index (Phi) is 16.3. The second-order valence-electron chi connectivity index (χ2n) is 18.7. The van der Waals surface area contributed by atoms with Crippen LogP contribution in [0.2, 0.25) is 0 Å². The van der Waals surface area contributed by atoms with E-state index in [4.69, 9.17) is 18.9 Å². The Balaban J connectivity index is 0.857. The van der Waals surface area contributed by atoms with Crippen molar-refractivity contribution in [3.05, 3.63) is 0 Å². The molecule has 58 heavy (non-hydrogen) atoms. The highest BCUT2D eigenvalue weighted by atomic mass is 16.5. The van der Waals surface area contributed by atoms with Gasteiger partial charge in [-0.05, 0) is 165 Å². The molecule has 14 heteroatoms. The lowest BCUT2D eigenvalue weighted by atomic mass is 9.66. The lowest BCUT2D eigenvalue weighted by Crippen LogP contribution is -2.50. The number of hydroxylamine groups is 1. The number of esters is 2. The van der Waals surface area contributed by atoms with Crippen molar-refractivity contribution in [2.24, 2.45) is 53.3 Å². The van der Waals surface area contributed by atoms with Crippen LogP contribution in [0.3, 0.4) is 0 Å². The summed E-state index contributed by atoms with van der Waals surface area (Å²) in [6.07, 6.45) is 19.1. The maximum atomic E-state index is 13.2. The molecule has 0 aromatic carbocycles. The zero-order valence-corrected chi connectivity index (χ0v) is 34.7. The van der Waals surface area contributed by atoms with Crippen molar-refractivity contribution in [3.8, 4) is 0 Å². The van der Waals surface area contributed by atoms with Gasteiger partial charge in [-0.25, -0.2) is 5.48 Å². The second-order valence-corrected chi connectivity index (χ2v) is 18.7. The van der Waals surface area contributed by atoms with Crippen molar-refractivity contribution < 1.29 is 58.3 Å². The van der Waals surface area contributed by atoms with E-state index in [-0.39, 0.29) is 78.5 Å². The highest BCUT2D eigenvalue weighted by Crippen LogP contribution is 2.44. The SMILES string of the molecule is COC(=O)C1CCC(C(=O)O)C(C(=O)NC2CCC(OC3CCC(C4CCC(OC5CCC(C(NO)C6CC(C(=O)OC)CCC6C(=O)O)CC5)CC4)CC3)CC2)C1. The third-order valence-electron chi connectivity index (χ3n) is 15.5. The summed E-state index contributed by atoms with van der Waals surface area (Å²) in [5.41, 5.74) is 2.48. The van der Waals surface area contributed by atoms with Crippen LogP contribution in [0, 0.1) is 53.3 Å². The number of carboxylic acids is 2. The Morgan fingerprint density at radius 1 is 0.517 bits per heavy atom. The van der Waals surface area contributed by atoms with Crippen LogP contribution in [0.5, 0.6) is 0 Å². The maximum absolute atomic E-state index is 13.2. The molecule has 6 aliphatic rings. The summed E-state index contributed by atoms with van der Waals surface area (Å²) in [5, 5.41) is 33.0. The molecular formula is C44H70N2O12. The molecule has 6 aliphatic carbocycles. The number of carbonyl (C=O) groups is 5. The van der Waals surface area contributed by atoms with Crippen molar-refractivity contribution in [1.82, 2.24) is 10.8 Å². The molecule has 328 valence electrons. The Morgan fingerprint density at radius 3 is 1.40 bits per heavy atom. The Bertz CT molecular complexity index is 1380. The molecule has 0 spiro atoms. The average Bonchev–Trinajstić information content (AvgIpc) is 3.24. The molecule has 1 amide bonds. The molecular weight excluding hydrogens is 748 g/mol. The smallest absolute Gasteiger partial charge is 0.308 e. The van der Waals surface area contributed by atoms with Gasteiger partial charge in [0.2, 0.25) is 5.91 Å². The fourth-order valence-electron chi connectivity index (χ4n) is 12.1. The second kappa shape index (κ2) is 21.1. The highest BCUT2D eigenvalue weighted by molar-refractivity contribution is 5.86. The first-order valence-electron chi connectivity index (χ1n) is 22.6. The van der Waals surface area contributed by atoms with Crippen molar-refractivity contribution in [1.29, 1.82) is 0 Å². The summed E-state index contributed by atoms with van der Waals surface area (Å²) in [7, 11) is 2.69. The van der Waals surface area contributed by atoms with Crippen LogP contribution in [-0.4, -0.2) is 95.9 Å². The van der Waals surface area contributed by atoms with Crippen LogP contribution in [0.25, 0.3) is 0 Å². The van der Waals surface area contributed by atoms with Crippen LogP contribution >= 0.6 is 0 Å². The zero-order chi connectivity index (χ0) is 41.3. The predicted molar refractivity (Wildman–Crippen MR) is 210 cm³/mol. The number of aliphatic carboxylic acids is 2. The van der Waals surface area contributed by atoms with E-state index < -0.39 is 35.6 Å². The number of carboxylic acid groups (broad SMARTS) is 2. The van der Waals surface area contributed by atoms with Gasteiger partial charge in [0.25, 0.3) is 0 Å². The predicted octanol–water partition coefficient (Wildman–Crippen LogP) is 6.05. The lowest BCUT2D eigenvalue weighted by molar-refractivity contribution is -0.155. The topological polar surface area (TPSA) is 207 Å². The average molecular weight is 819 g/mol. The summed E-state index contributed by atoms with van der Waals surface area (Å²) in [4.78, 5) is 61.7. The number of amides is 1. The van der Waals surface area contributed by atoms with E-state index in [2.05, 4.69) is 10.8 Å². The largest absolute Gasteiger partial charge is 0.481 e. The van der Waals surface area contributed by atoms with Crippen molar-refractivity contribution in [2.75, 3.05) is 14.2 Å². The van der Waals surface area contributed by atoms with Crippen LogP contribution in [0.15, 0.2) is 0 Å². The summed E-state index contributed by atoms with van der Waals surface area (Å²) in [5.74, 6) is -4.43. The maximum Gasteiger partial charge on any atom is 0.308 e. The lowest BCUT2D eigenvalue weighted by Gasteiger charge is -2.43. The molecule has 0 saturated heterocycles. The van der Waals surface area contributed by atoms with E-state index in [0.717, 1.165) is 88.9 Å². The standard InChI is InChI=1S/C44H70N2O12/c1-55-43(52)28-9-21-35(41(48)49)37(23-28)39(46-54)27-7-17-33(18-8-27)57-31-13-3-25(4-14-31)26-5-15-32(16-6-26)58-34-19-11-30(12-20-34)45-40(47)38-24-29(44(53)56-2)10-22-36(38)42(50)51/h25-39,46,54H,3-24H2,1-2H3,(H,45,47)(H,48,49)(H,50,51). The summed E-state index contributed by atoms with van der Waals surface area (Å²) >= 11 is 0. The van der Waals surface area contributed by atoms with E-state index in [1.165, 1.54) is 39.9 Å². The highest BCUT2D eigenvalue weighted by Gasteiger charge is 2.46. The van der Waals surface area contributed by atoms with Gasteiger partial charge in [-0.2, -0.15) is 0 Å². The van der Waals surface area contributed by atoms with Gasteiger partial charge in [-0.15, -0.1) is 0 Å². The first-order valence-corrected chi connectivity index (χ1v) is 22.6. The molecule has 6 fully saturated rings. The molecule has 0 radical (unpaired) electrons. The fraction of sp³-hybridized carbons (Fsp3) is 0.886. The van der Waals surface area contributed by atoms with Gasteiger partial charge < -0.3 is 39.7 Å². The Hall–Kier alpha value is -2.81. The molecule has 0 heterocycles. The molecule has 6 rings (SSSR count). The van der Waals surface area contributed by atoms with Gasteiger partial charge in [0.05, 0.1) is 68.2 Å². The number of hydrogen-bond donors (Lipinski definition) is 5. The number of ether oxygens (including phenoxy) is 4. The number of nitrogens with one attached hydrogen (secondary N) is 2.